The highest BCUT2D eigenvalue weighted by Gasteiger charge is 1.91. The highest BCUT2D eigenvalue weighted by molar-refractivity contribution is 6.34. The zero-order chi connectivity index (χ0) is 6.85. The van der Waals surface area contributed by atoms with Crippen LogP contribution in [0.1, 0.15) is 5.56 Å². The first-order valence-electron chi connectivity index (χ1n) is 2.46. The van der Waals surface area contributed by atoms with Crippen molar-refractivity contribution in [1.82, 2.24) is 0 Å². The van der Waals surface area contributed by atoms with Crippen molar-refractivity contribution in [2.45, 2.75) is 0 Å². The monoisotopic (exact) mass is 159 g/mol. The zero-order valence-electron chi connectivity index (χ0n) is 4.70. The van der Waals surface area contributed by atoms with Crippen molar-refractivity contribution in [3.05, 3.63) is 40.7 Å². The van der Waals surface area contributed by atoms with Gasteiger partial charge in [-0.25, -0.2) is 0 Å². The summed E-state index contributed by atoms with van der Waals surface area (Å²) in [6.07, 6.45) is 0. The summed E-state index contributed by atoms with van der Waals surface area (Å²) in [4.78, 5) is 0. The molecule has 0 aliphatic heterocycles. The summed E-state index contributed by atoms with van der Waals surface area (Å²) in [6.45, 7) is 3.67. The Morgan fingerprint density at radius 3 is 1.78 bits per heavy atom. The average Bonchev–Trinajstić information content (AvgIpc) is 1.59. The molecule has 1 radical (unpaired) electrons. The molecule has 9 heavy (non-hydrogen) atoms. The molecule has 0 amide bonds. The second-order valence-electron chi connectivity index (χ2n) is 1.78. The third kappa shape index (κ3) is 1.88. The standard InChI is InChI=1S/C7H5Cl2/c1-5-2-6(8)4-7(9)3-5/h2-4H,1H2. The topological polar surface area (TPSA) is 0 Å². The van der Waals surface area contributed by atoms with Gasteiger partial charge in [-0.3, -0.25) is 0 Å². The smallest absolute Gasteiger partial charge is 0.0423 e. The van der Waals surface area contributed by atoms with Crippen LogP contribution >= 0.6 is 23.2 Å². The van der Waals surface area contributed by atoms with Gasteiger partial charge in [0.05, 0.1) is 0 Å². The molecule has 0 bridgehead atoms. The van der Waals surface area contributed by atoms with Gasteiger partial charge in [-0.1, -0.05) is 23.2 Å². The van der Waals surface area contributed by atoms with Crippen LogP contribution in [0.2, 0.25) is 10.0 Å². The molecule has 1 rings (SSSR count). The Bertz CT molecular complexity index is 168. The summed E-state index contributed by atoms with van der Waals surface area (Å²) in [5.74, 6) is 0. The number of rotatable bonds is 0. The third-order valence-corrected chi connectivity index (χ3v) is 1.36. The summed E-state index contributed by atoms with van der Waals surface area (Å²) >= 11 is 11.3. The number of hydrogen-bond donors (Lipinski definition) is 0. The van der Waals surface area contributed by atoms with Crippen molar-refractivity contribution in [3.8, 4) is 0 Å². The molecule has 1 aromatic rings. The summed E-state index contributed by atoms with van der Waals surface area (Å²) in [5.41, 5.74) is 0.840. The van der Waals surface area contributed by atoms with E-state index in [0.717, 1.165) is 5.56 Å². The molecule has 0 N–H and O–H groups in total. The molecule has 0 nitrogen and oxygen atoms in total. The molecule has 0 unspecified atom stereocenters. The van der Waals surface area contributed by atoms with Crippen LogP contribution in [-0.4, -0.2) is 0 Å². The first-order valence-corrected chi connectivity index (χ1v) is 3.22. The minimum atomic E-state index is 0.632. The van der Waals surface area contributed by atoms with Crippen molar-refractivity contribution >= 4 is 23.2 Å². The highest BCUT2D eigenvalue weighted by Crippen LogP contribution is 2.17. The molecule has 0 aliphatic rings. The largest absolute Gasteiger partial charge is 0.0843 e. The quantitative estimate of drug-likeness (QED) is 0.546. The van der Waals surface area contributed by atoms with Crippen LogP contribution < -0.4 is 0 Å². The molecule has 0 spiro atoms. The predicted octanol–water partition coefficient (Wildman–Crippen LogP) is 3.18. The van der Waals surface area contributed by atoms with Gasteiger partial charge in [-0.2, -0.15) is 0 Å². The van der Waals surface area contributed by atoms with Gasteiger partial charge in [0, 0.05) is 10.0 Å². The van der Waals surface area contributed by atoms with Crippen LogP contribution in [0.4, 0.5) is 0 Å². The summed E-state index contributed by atoms with van der Waals surface area (Å²) in [7, 11) is 0. The number of benzene rings is 1. The van der Waals surface area contributed by atoms with Gasteiger partial charge in [0.1, 0.15) is 0 Å². The van der Waals surface area contributed by atoms with E-state index in [9.17, 15) is 0 Å². The van der Waals surface area contributed by atoms with Gasteiger partial charge in [-0.05, 0) is 30.7 Å². The van der Waals surface area contributed by atoms with Crippen LogP contribution in [0.25, 0.3) is 0 Å². The molecule has 0 atom stereocenters. The fraction of sp³-hybridized carbons (Fsp3) is 0. The summed E-state index contributed by atoms with van der Waals surface area (Å²) < 4.78 is 0. The molecule has 0 aromatic heterocycles. The SMILES string of the molecule is [CH2]c1cc(Cl)cc(Cl)c1. The Balaban J connectivity index is 3.17. The predicted molar refractivity (Wildman–Crippen MR) is 40.9 cm³/mol. The van der Waals surface area contributed by atoms with E-state index in [1.807, 2.05) is 0 Å². The van der Waals surface area contributed by atoms with Crippen molar-refractivity contribution in [1.29, 1.82) is 0 Å². The Morgan fingerprint density at radius 1 is 1.00 bits per heavy atom. The van der Waals surface area contributed by atoms with Crippen LogP contribution in [0.5, 0.6) is 0 Å². The van der Waals surface area contributed by atoms with E-state index in [2.05, 4.69) is 6.92 Å². The van der Waals surface area contributed by atoms with Crippen molar-refractivity contribution in [2.24, 2.45) is 0 Å². The second-order valence-corrected chi connectivity index (χ2v) is 2.65. The maximum absolute atomic E-state index is 5.63. The van der Waals surface area contributed by atoms with E-state index in [1.54, 1.807) is 18.2 Å². The fourth-order valence-electron chi connectivity index (χ4n) is 0.611. The van der Waals surface area contributed by atoms with Gasteiger partial charge < -0.3 is 0 Å². The van der Waals surface area contributed by atoms with Crippen molar-refractivity contribution in [3.63, 3.8) is 0 Å². The zero-order valence-corrected chi connectivity index (χ0v) is 6.21. The van der Waals surface area contributed by atoms with Gasteiger partial charge in [0.25, 0.3) is 0 Å². The first kappa shape index (κ1) is 6.91. The molecular weight excluding hydrogens is 155 g/mol. The lowest BCUT2D eigenvalue weighted by Gasteiger charge is -1.93. The fourth-order valence-corrected chi connectivity index (χ4v) is 1.18. The molecule has 0 fully saturated rings. The van der Waals surface area contributed by atoms with E-state index < -0.39 is 0 Å². The molecular formula is C7H5Cl2. The molecule has 2 heteroatoms. The Kier molecular flexibility index (Phi) is 1.99. The lowest BCUT2D eigenvalue weighted by Crippen LogP contribution is -1.70. The van der Waals surface area contributed by atoms with E-state index >= 15 is 0 Å². The maximum atomic E-state index is 5.63. The van der Waals surface area contributed by atoms with Crippen molar-refractivity contribution < 1.29 is 0 Å². The Morgan fingerprint density at radius 2 is 1.44 bits per heavy atom. The average molecular weight is 160 g/mol. The molecule has 47 valence electrons. The lowest BCUT2D eigenvalue weighted by atomic mass is 10.2. The van der Waals surface area contributed by atoms with Crippen molar-refractivity contribution in [2.75, 3.05) is 0 Å². The molecule has 0 saturated heterocycles. The normalized spacial score (nSPS) is 9.67. The molecule has 1 aromatic carbocycles. The van der Waals surface area contributed by atoms with Crippen LogP contribution in [0.15, 0.2) is 18.2 Å². The van der Waals surface area contributed by atoms with E-state index in [4.69, 9.17) is 23.2 Å². The lowest BCUT2D eigenvalue weighted by molar-refractivity contribution is 1.61. The second kappa shape index (κ2) is 2.59. The third-order valence-electron chi connectivity index (χ3n) is 0.922. The molecule has 0 aliphatic carbocycles. The summed E-state index contributed by atoms with van der Waals surface area (Å²) in [6, 6.07) is 5.19. The van der Waals surface area contributed by atoms with Gasteiger partial charge in [0.2, 0.25) is 0 Å². The number of halogens is 2. The molecule has 0 heterocycles. The van der Waals surface area contributed by atoms with E-state index in [-0.39, 0.29) is 0 Å². The van der Waals surface area contributed by atoms with E-state index in [1.165, 1.54) is 0 Å². The van der Waals surface area contributed by atoms with Gasteiger partial charge >= 0.3 is 0 Å². The minimum absolute atomic E-state index is 0.632. The van der Waals surface area contributed by atoms with Crippen LogP contribution in [0, 0.1) is 6.92 Å². The summed E-state index contributed by atoms with van der Waals surface area (Å²) in [5, 5.41) is 1.26. The van der Waals surface area contributed by atoms with E-state index in [0.29, 0.717) is 10.0 Å². The minimum Gasteiger partial charge on any atom is -0.0843 e. The Hall–Kier alpha value is -0.200. The maximum Gasteiger partial charge on any atom is 0.0423 e. The van der Waals surface area contributed by atoms with Gasteiger partial charge in [-0.15, -0.1) is 0 Å². The van der Waals surface area contributed by atoms with Crippen LogP contribution in [-0.2, 0) is 0 Å². The first-order chi connectivity index (χ1) is 4.18. The van der Waals surface area contributed by atoms with Gasteiger partial charge in [0.15, 0.2) is 0 Å². The molecule has 0 saturated carbocycles. The number of hydrogen-bond acceptors (Lipinski definition) is 0. The Labute approximate surface area is 64.4 Å². The van der Waals surface area contributed by atoms with Crippen LogP contribution in [0.3, 0.4) is 0 Å². The highest BCUT2D eigenvalue weighted by atomic mass is 35.5.